The van der Waals surface area contributed by atoms with Crippen LogP contribution in [0.2, 0.25) is 0 Å². The second-order valence-electron chi connectivity index (χ2n) is 4.34. The van der Waals surface area contributed by atoms with Crippen LogP contribution in [0.3, 0.4) is 0 Å². The molecule has 0 saturated heterocycles. The highest BCUT2D eigenvalue weighted by Crippen LogP contribution is 2.19. The van der Waals surface area contributed by atoms with Gasteiger partial charge in [0.2, 0.25) is 5.91 Å². The summed E-state index contributed by atoms with van der Waals surface area (Å²) in [6, 6.07) is 7.86. The standard InChI is InChI=1S/C14H23N3O/c1-4-16-12(14(15)18)10-17(5-2)13-9-7-6-8-11(13)3/h6-9,12,16H,4-5,10H2,1-3H3,(H2,15,18). The van der Waals surface area contributed by atoms with Gasteiger partial charge in [-0.15, -0.1) is 0 Å². The van der Waals surface area contributed by atoms with E-state index in [1.165, 1.54) is 5.56 Å². The van der Waals surface area contributed by atoms with Crippen LogP contribution in [-0.4, -0.2) is 31.6 Å². The SMILES string of the molecule is CCNC(CN(CC)c1ccccc1C)C(N)=O. The van der Waals surface area contributed by atoms with E-state index in [9.17, 15) is 4.79 Å². The molecule has 0 spiro atoms. The first kappa shape index (κ1) is 14.5. The number of rotatable bonds is 7. The first-order valence-electron chi connectivity index (χ1n) is 6.43. The van der Waals surface area contributed by atoms with Crippen molar-refractivity contribution in [1.29, 1.82) is 0 Å². The summed E-state index contributed by atoms with van der Waals surface area (Å²) in [6.45, 7) is 8.31. The summed E-state index contributed by atoms with van der Waals surface area (Å²) < 4.78 is 0. The van der Waals surface area contributed by atoms with Crippen LogP contribution in [0.5, 0.6) is 0 Å². The molecule has 0 aliphatic heterocycles. The fourth-order valence-corrected chi connectivity index (χ4v) is 2.04. The van der Waals surface area contributed by atoms with Crippen molar-refractivity contribution >= 4 is 11.6 Å². The quantitative estimate of drug-likeness (QED) is 0.765. The van der Waals surface area contributed by atoms with Gasteiger partial charge in [0, 0.05) is 18.8 Å². The second-order valence-corrected chi connectivity index (χ2v) is 4.34. The van der Waals surface area contributed by atoms with Crippen molar-refractivity contribution in [3.05, 3.63) is 29.8 Å². The first-order chi connectivity index (χ1) is 8.60. The maximum absolute atomic E-state index is 11.4. The van der Waals surface area contributed by atoms with Gasteiger partial charge >= 0.3 is 0 Å². The molecule has 0 aromatic heterocycles. The van der Waals surface area contributed by atoms with Gasteiger partial charge in [0.05, 0.1) is 0 Å². The van der Waals surface area contributed by atoms with Crippen LogP contribution in [-0.2, 0) is 4.79 Å². The van der Waals surface area contributed by atoms with Crippen molar-refractivity contribution in [2.45, 2.75) is 26.8 Å². The number of aryl methyl sites for hydroxylation is 1. The predicted molar refractivity (Wildman–Crippen MR) is 75.7 cm³/mol. The van der Waals surface area contributed by atoms with Gasteiger partial charge in [-0.1, -0.05) is 25.1 Å². The molecular weight excluding hydrogens is 226 g/mol. The minimum Gasteiger partial charge on any atom is -0.369 e. The van der Waals surface area contributed by atoms with E-state index in [4.69, 9.17) is 5.73 Å². The Morgan fingerprint density at radius 2 is 2.06 bits per heavy atom. The number of likely N-dealkylation sites (N-methyl/N-ethyl adjacent to an activating group) is 2. The molecule has 100 valence electrons. The van der Waals surface area contributed by atoms with Crippen LogP contribution < -0.4 is 16.0 Å². The zero-order valence-corrected chi connectivity index (χ0v) is 11.4. The number of amides is 1. The Morgan fingerprint density at radius 1 is 1.39 bits per heavy atom. The molecule has 1 unspecified atom stereocenters. The molecule has 0 aliphatic carbocycles. The van der Waals surface area contributed by atoms with Gasteiger partial charge in [0.1, 0.15) is 6.04 Å². The van der Waals surface area contributed by atoms with E-state index in [0.29, 0.717) is 6.54 Å². The number of para-hydroxylation sites is 1. The molecule has 0 aliphatic rings. The third-order valence-corrected chi connectivity index (χ3v) is 3.03. The summed E-state index contributed by atoms with van der Waals surface area (Å²) in [4.78, 5) is 13.6. The lowest BCUT2D eigenvalue weighted by molar-refractivity contribution is -0.119. The normalized spacial score (nSPS) is 12.2. The molecule has 1 amide bonds. The summed E-state index contributed by atoms with van der Waals surface area (Å²) in [6.07, 6.45) is 0. The number of nitrogens with zero attached hydrogens (tertiary/aromatic N) is 1. The summed E-state index contributed by atoms with van der Waals surface area (Å²) in [7, 11) is 0. The zero-order valence-electron chi connectivity index (χ0n) is 11.4. The number of carbonyl (C=O) groups is 1. The Morgan fingerprint density at radius 3 is 2.56 bits per heavy atom. The van der Waals surface area contributed by atoms with E-state index in [2.05, 4.69) is 36.2 Å². The van der Waals surface area contributed by atoms with Crippen LogP contribution in [0, 0.1) is 6.92 Å². The number of nitrogens with two attached hydrogens (primary N) is 1. The average Bonchev–Trinajstić information content (AvgIpc) is 2.35. The lowest BCUT2D eigenvalue weighted by atomic mass is 10.1. The Balaban J connectivity index is 2.84. The number of anilines is 1. The number of benzene rings is 1. The smallest absolute Gasteiger partial charge is 0.236 e. The topological polar surface area (TPSA) is 58.4 Å². The van der Waals surface area contributed by atoms with Crippen molar-refractivity contribution in [1.82, 2.24) is 5.32 Å². The molecule has 1 atom stereocenters. The largest absolute Gasteiger partial charge is 0.369 e. The molecule has 0 fully saturated rings. The minimum atomic E-state index is -0.311. The number of nitrogens with one attached hydrogen (secondary N) is 1. The fourth-order valence-electron chi connectivity index (χ4n) is 2.04. The van der Waals surface area contributed by atoms with E-state index in [1.807, 2.05) is 19.1 Å². The third kappa shape index (κ3) is 3.74. The lowest BCUT2D eigenvalue weighted by Gasteiger charge is -2.28. The van der Waals surface area contributed by atoms with Crippen molar-refractivity contribution < 1.29 is 4.79 Å². The Kier molecular flexibility index (Phi) is 5.65. The van der Waals surface area contributed by atoms with Crippen LogP contribution in [0.1, 0.15) is 19.4 Å². The maximum Gasteiger partial charge on any atom is 0.236 e. The number of carbonyl (C=O) groups excluding carboxylic acids is 1. The molecule has 1 aromatic carbocycles. The molecule has 1 rings (SSSR count). The minimum absolute atomic E-state index is 0.302. The molecule has 0 heterocycles. The predicted octanol–water partition coefficient (Wildman–Crippen LogP) is 1.28. The second kappa shape index (κ2) is 7.01. The van der Waals surface area contributed by atoms with Gasteiger partial charge in [-0.3, -0.25) is 4.79 Å². The molecule has 18 heavy (non-hydrogen) atoms. The van der Waals surface area contributed by atoms with Crippen LogP contribution in [0.15, 0.2) is 24.3 Å². The van der Waals surface area contributed by atoms with Crippen molar-refractivity contribution in [3.63, 3.8) is 0 Å². The fraction of sp³-hybridized carbons (Fsp3) is 0.500. The number of primary amides is 1. The van der Waals surface area contributed by atoms with Crippen molar-refractivity contribution in [2.75, 3.05) is 24.5 Å². The molecule has 0 radical (unpaired) electrons. The zero-order chi connectivity index (χ0) is 13.5. The molecule has 0 saturated carbocycles. The summed E-state index contributed by atoms with van der Waals surface area (Å²) in [5.41, 5.74) is 7.78. The molecule has 4 heteroatoms. The molecule has 3 N–H and O–H groups in total. The Labute approximate surface area is 109 Å². The van der Waals surface area contributed by atoms with Crippen molar-refractivity contribution in [2.24, 2.45) is 5.73 Å². The van der Waals surface area contributed by atoms with E-state index < -0.39 is 0 Å². The van der Waals surface area contributed by atoms with E-state index in [-0.39, 0.29) is 11.9 Å². The van der Waals surface area contributed by atoms with Crippen LogP contribution in [0.25, 0.3) is 0 Å². The van der Waals surface area contributed by atoms with Crippen LogP contribution in [0.4, 0.5) is 5.69 Å². The number of hydrogen-bond acceptors (Lipinski definition) is 3. The molecule has 1 aromatic rings. The van der Waals surface area contributed by atoms with E-state index >= 15 is 0 Å². The van der Waals surface area contributed by atoms with Gasteiger partial charge in [-0.2, -0.15) is 0 Å². The Hall–Kier alpha value is -1.55. The lowest BCUT2D eigenvalue weighted by Crippen LogP contribution is -2.49. The number of hydrogen-bond donors (Lipinski definition) is 2. The van der Waals surface area contributed by atoms with Gasteiger partial charge in [0.25, 0.3) is 0 Å². The van der Waals surface area contributed by atoms with E-state index in [0.717, 1.165) is 18.8 Å². The first-order valence-corrected chi connectivity index (χ1v) is 6.43. The van der Waals surface area contributed by atoms with Gasteiger partial charge in [0.15, 0.2) is 0 Å². The molecule has 0 bridgehead atoms. The van der Waals surface area contributed by atoms with E-state index in [1.54, 1.807) is 0 Å². The van der Waals surface area contributed by atoms with Crippen LogP contribution >= 0.6 is 0 Å². The highest BCUT2D eigenvalue weighted by molar-refractivity contribution is 5.80. The third-order valence-electron chi connectivity index (χ3n) is 3.03. The van der Waals surface area contributed by atoms with Gasteiger partial charge in [-0.25, -0.2) is 0 Å². The average molecular weight is 249 g/mol. The highest BCUT2D eigenvalue weighted by atomic mass is 16.1. The summed E-state index contributed by atoms with van der Waals surface area (Å²) in [5.74, 6) is -0.302. The molecular formula is C14H23N3O. The monoisotopic (exact) mass is 249 g/mol. The molecule has 4 nitrogen and oxygen atoms in total. The van der Waals surface area contributed by atoms with Crippen molar-refractivity contribution in [3.8, 4) is 0 Å². The Bertz CT molecular complexity index is 392. The van der Waals surface area contributed by atoms with Gasteiger partial charge in [-0.05, 0) is 32.0 Å². The summed E-state index contributed by atoms with van der Waals surface area (Å²) in [5, 5.41) is 3.12. The van der Waals surface area contributed by atoms with Gasteiger partial charge < -0.3 is 16.0 Å². The maximum atomic E-state index is 11.4. The highest BCUT2D eigenvalue weighted by Gasteiger charge is 2.18. The summed E-state index contributed by atoms with van der Waals surface area (Å²) >= 11 is 0.